The summed E-state index contributed by atoms with van der Waals surface area (Å²) in [4.78, 5) is 13.6. The van der Waals surface area contributed by atoms with Crippen LogP contribution < -0.4 is 4.91 Å². The highest BCUT2D eigenvalue weighted by Crippen LogP contribution is 2.13. The van der Waals surface area contributed by atoms with Crippen LogP contribution in [-0.4, -0.2) is 17.1 Å². The molecule has 0 spiro atoms. The van der Waals surface area contributed by atoms with Gasteiger partial charge in [-0.2, -0.15) is 5.26 Å². The summed E-state index contributed by atoms with van der Waals surface area (Å²) in [5, 5.41) is 20.9. The predicted molar refractivity (Wildman–Crippen MR) is 58.2 cm³/mol. The molecule has 0 heterocycles. The Morgan fingerprint density at radius 1 is 1.53 bits per heavy atom. The fourth-order valence-electron chi connectivity index (χ4n) is 1.47. The van der Waals surface area contributed by atoms with Gasteiger partial charge < -0.3 is 5.11 Å². The van der Waals surface area contributed by atoms with Crippen molar-refractivity contribution in [2.75, 3.05) is 0 Å². The van der Waals surface area contributed by atoms with E-state index >= 15 is 0 Å². The second-order valence-corrected chi connectivity index (χ2v) is 3.38. The van der Waals surface area contributed by atoms with Crippen LogP contribution in [0.25, 0.3) is 0 Å². The van der Waals surface area contributed by atoms with Crippen LogP contribution in [0.4, 0.5) is 0 Å². The third kappa shape index (κ3) is 3.52. The Balaban J connectivity index is 2.97. The van der Waals surface area contributed by atoms with Crippen LogP contribution in [0.15, 0.2) is 29.4 Å². The van der Waals surface area contributed by atoms with E-state index in [4.69, 9.17) is 15.9 Å². The number of benzene rings is 1. The minimum absolute atomic E-state index is 0.134. The first-order chi connectivity index (χ1) is 8.19. The number of carbonyl (C=O) groups is 1. The lowest BCUT2D eigenvalue weighted by molar-refractivity contribution is -0.138. The summed E-state index contributed by atoms with van der Waals surface area (Å²) >= 11 is 0. The van der Waals surface area contributed by atoms with Gasteiger partial charge >= 0.3 is 5.97 Å². The molecular weight excluding hydrogens is 220 g/mol. The molecule has 2 N–H and O–H groups in total. The van der Waals surface area contributed by atoms with Gasteiger partial charge in [0.05, 0.1) is 12.5 Å². The van der Waals surface area contributed by atoms with E-state index in [9.17, 15) is 4.79 Å². The Labute approximate surface area is 97.7 Å². The number of carboxylic acids is 1. The molecule has 6 heteroatoms. The quantitative estimate of drug-likeness (QED) is 0.588. The van der Waals surface area contributed by atoms with Crippen molar-refractivity contribution in [3.05, 3.63) is 35.4 Å². The van der Waals surface area contributed by atoms with Crippen LogP contribution in [0.5, 0.6) is 0 Å². The molecule has 6 nitrogen and oxygen atoms in total. The van der Waals surface area contributed by atoms with Crippen molar-refractivity contribution >= 4 is 5.97 Å². The van der Waals surface area contributed by atoms with Gasteiger partial charge in [-0.15, -0.1) is 0 Å². The smallest absolute Gasteiger partial charge is 0.336 e. The van der Waals surface area contributed by atoms with Crippen molar-refractivity contribution in [3.8, 4) is 6.07 Å². The van der Waals surface area contributed by atoms with Crippen molar-refractivity contribution in [3.63, 3.8) is 0 Å². The van der Waals surface area contributed by atoms with E-state index in [2.05, 4.69) is 10.0 Å². The zero-order valence-electron chi connectivity index (χ0n) is 9.00. The number of aliphatic carboxylic acids is 1. The molecule has 0 amide bonds. The molecule has 0 saturated carbocycles. The molecule has 1 aromatic rings. The van der Waals surface area contributed by atoms with E-state index in [1.165, 1.54) is 0 Å². The Kier molecular flexibility index (Phi) is 4.55. The summed E-state index contributed by atoms with van der Waals surface area (Å²) in [6, 6.07) is 8.03. The van der Waals surface area contributed by atoms with Crippen LogP contribution in [-0.2, 0) is 17.6 Å². The van der Waals surface area contributed by atoms with Gasteiger partial charge in [-0.05, 0) is 11.1 Å². The molecule has 0 bridgehead atoms. The maximum atomic E-state index is 10.9. The first-order valence-corrected chi connectivity index (χ1v) is 4.92. The molecule has 0 aliphatic carbocycles. The number of hydrogen-bond donors (Lipinski definition) is 2. The lowest BCUT2D eigenvalue weighted by Crippen LogP contribution is -2.21. The maximum Gasteiger partial charge on any atom is 0.336 e. The topological polar surface area (TPSA) is 111 Å². The minimum atomic E-state index is -1.13. The zero-order valence-corrected chi connectivity index (χ0v) is 9.00. The SMILES string of the molecule is N#CCc1ccccc1CC(N=[N+]=N)C(=O)O. The summed E-state index contributed by atoms with van der Waals surface area (Å²) in [6.07, 6.45) is 0.357. The van der Waals surface area contributed by atoms with Crippen molar-refractivity contribution in [2.45, 2.75) is 18.9 Å². The number of nitrogens with zero attached hydrogens (tertiary/aromatic N) is 3. The molecule has 0 radical (unpaired) electrons. The normalized spacial score (nSPS) is 11.0. The number of hydrogen-bond acceptors (Lipinski definition) is 4. The first-order valence-electron chi connectivity index (χ1n) is 4.92. The molecule has 17 heavy (non-hydrogen) atoms. The largest absolute Gasteiger partial charge is 0.479 e. The lowest BCUT2D eigenvalue weighted by atomic mass is 9.99. The average molecular weight is 231 g/mol. The minimum Gasteiger partial charge on any atom is -0.479 e. The van der Waals surface area contributed by atoms with Crippen LogP contribution >= 0.6 is 0 Å². The number of carboxylic acid groups (broad SMARTS) is 1. The summed E-state index contributed by atoms with van der Waals surface area (Å²) in [5.41, 5.74) is 8.09. The molecule has 1 unspecified atom stereocenters. The van der Waals surface area contributed by atoms with E-state index < -0.39 is 12.0 Å². The molecule has 0 fully saturated rings. The van der Waals surface area contributed by atoms with Crippen molar-refractivity contribution < 1.29 is 9.90 Å². The maximum absolute atomic E-state index is 10.9. The molecule has 0 aliphatic heterocycles. The van der Waals surface area contributed by atoms with Gasteiger partial charge in [0.25, 0.3) is 0 Å². The number of rotatable bonds is 5. The van der Waals surface area contributed by atoms with Crippen LogP contribution in [0.2, 0.25) is 0 Å². The van der Waals surface area contributed by atoms with E-state index in [-0.39, 0.29) is 12.8 Å². The standard InChI is InChI=1S/C11H10N4O2/c12-6-5-8-3-1-2-4-9(8)7-10(11(16)17)14-15-13/h1-4,10,13H,5,7H2/p+1. The molecule has 0 aromatic heterocycles. The second kappa shape index (κ2) is 6.16. The van der Waals surface area contributed by atoms with Gasteiger partial charge in [-0.25, -0.2) is 4.79 Å². The van der Waals surface area contributed by atoms with Gasteiger partial charge in [-0.3, -0.25) is 0 Å². The van der Waals surface area contributed by atoms with Gasteiger partial charge in [0.1, 0.15) is 10.6 Å². The lowest BCUT2D eigenvalue weighted by Gasteiger charge is -2.06. The molecule has 86 valence electrons. The van der Waals surface area contributed by atoms with Gasteiger partial charge in [0.15, 0.2) is 0 Å². The summed E-state index contributed by atoms with van der Waals surface area (Å²) in [5.74, 6) is -1.13. The highest BCUT2D eigenvalue weighted by Gasteiger charge is 2.23. The Hall–Kier alpha value is -2.51. The summed E-state index contributed by atoms with van der Waals surface area (Å²) in [7, 11) is 0. The Bertz CT molecular complexity index is 498. The highest BCUT2D eigenvalue weighted by molar-refractivity contribution is 5.74. The molecule has 0 saturated heterocycles. The number of nitrogens with one attached hydrogen (secondary N) is 1. The van der Waals surface area contributed by atoms with E-state index in [0.717, 1.165) is 11.1 Å². The Morgan fingerprint density at radius 3 is 2.71 bits per heavy atom. The van der Waals surface area contributed by atoms with Crippen molar-refractivity contribution in [2.24, 2.45) is 5.11 Å². The highest BCUT2D eigenvalue weighted by atomic mass is 16.4. The third-order valence-electron chi connectivity index (χ3n) is 2.28. The Morgan fingerprint density at radius 2 is 2.18 bits per heavy atom. The fraction of sp³-hybridized carbons (Fsp3) is 0.273. The molecule has 1 aromatic carbocycles. The van der Waals surface area contributed by atoms with Gasteiger partial charge in [0, 0.05) is 6.42 Å². The molecule has 1 atom stereocenters. The zero-order chi connectivity index (χ0) is 12.7. The molecule has 1 rings (SSSR count). The van der Waals surface area contributed by atoms with E-state index in [1.54, 1.807) is 24.3 Å². The van der Waals surface area contributed by atoms with E-state index in [1.807, 2.05) is 6.07 Å². The summed E-state index contributed by atoms with van der Waals surface area (Å²) in [6.45, 7) is 0. The predicted octanol–water partition coefficient (Wildman–Crippen LogP) is 1.30. The van der Waals surface area contributed by atoms with Crippen molar-refractivity contribution in [1.29, 1.82) is 10.8 Å². The van der Waals surface area contributed by atoms with Crippen LogP contribution in [0, 0.1) is 16.9 Å². The average Bonchev–Trinajstić information content (AvgIpc) is 2.31. The summed E-state index contributed by atoms with van der Waals surface area (Å²) < 4.78 is 0. The number of nitriles is 1. The fourth-order valence-corrected chi connectivity index (χ4v) is 1.47. The van der Waals surface area contributed by atoms with Crippen molar-refractivity contribution in [1.82, 2.24) is 4.91 Å². The van der Waals surface area contributed by atoms with E-state index in [0.29, 0.717) is 0 Å². The monoisotopic (exact) mass is 231 g/mol. The van der Waals surface area contributed by atoms with Crippen LogP contribution in [0.1, 0.15) is 11.1 Å². The van der Waals surface area contributed by atoms with Gasteiger partial charge in [-0.1, -0.05) is 24.3 Å². The first kappa shape index (κ1) is 12.6. The van der Waals surface area contributed by atoms with Gasteiger partial charge in [0.2, 0.25) is 11.0 Å². The molecule has 0 aliphatic rings. The third-order valence-corrected chi connectivity index (χ3v) is 2.28. The van der Waals surface area contributed by atoms with Crippen LogP contribution in [0.3, 0.4) is 0 Å². The molecular formula is C11H11N4O2+. The second-order valence-electron chi connectivity index (χ2n) is 3.38.